The first-order valence-corrected chi connectivity index (χ1v) is 5.47. The van der Waals surface area contributed by atoms with E-state index in [0.29, 0.717) is 17.3 Å². The third-order valence-electron chi connectivity index (χ3n) is 2.36. The lowest BCUT2D eigenvalue weighted by Crippen LogP contribution is -2.30. The highest BCUT2D eigenvalue weighted by atomic mass is 16.5. The highest BCUT2D eigenvalue weighted by molar-refractivity contribution is 5.91. The second-order valence-electron chi connectivity index (χ2n) is 3.59. The molecule has 2 aromatic rings. The smallest absolute Gasteiger partial charge is 0.287 e. The zero-order valence-electron chi connectivity index (χ0n) is 10.3. The second-order valence-corrected chi connectivity index (χ2v) is 3.59. The monoisotopic (exact) mass is 263 g/mol. The normalized spacial score (nSPS) is 10.0. The maximum atomic E-state index is 11.2. The number of carbonyl (C=O) groups is 1. The van der Waals surface area contributed by atoms with Gasteiger partial charge in [-0.3, -0.25) is 10.2 Å². The van der Waals surface area contributed by atoms with Crippen molar-refractivity contribution >= 4 is 5.91 Å². The maximum absolute atomic E-state index is 11.2. The van der Waals surface area contributed by atoms with Crippen molar-refractivity contribution in [2.75, 3.05) is 7.11 Å². The van der Waals surface area contributed by atoms with Crippen LogP contribution in [-0.2, 0) is 6.61 Å². The van der Waals surface area contributed by atoms with Crippen LogP contribution >= 0.6 is 0 Å². The summed E-state index contributed by atoms with van der Waals surface area (Å²) in [7, 11) is 1.56. The number of hydrogen-bond donors (Lipinski definition) is 2. The lowest BCUT2D eigenvalue weighted by molar-refractivity contribution is 0.0944. The second kappa shape index (κ2) is 5.87. The summed E-state index contributed by atoms with van der Waals surface area (Å²) in [5.74, 6) is 6.06. The molecule has 0 aliphatic heterocycles. The molecule has 2 rings (SSSR count). The molecule has 0 aliphatic rings. The number of nitrogens with two attached hydrogens (primary N) is 1. The summed E-state index contributed by atoms with van der Waals surface area (Å²) in [5.41, 5.74) is 2.06. The Kier molecular flexibility index (Phi) is 3.99. The van der Waals surface area contributed by atoms with Gasteiger partial charge in [0.15, 0.2) is 23.0 Å². The maximum Gasteiger partial charge on any atom is 0.287 e. The molecule has 3 N–H and O–H groups in total. The highest BCUT2D eigenvalue weighted by Crippen LogP contribution is 2.26. The van der Waals surface area contributed by atoms with Gasteiger partial charge in [-0.2, -0.15) is 0 Å². The highest BCUT2D eigenvalue weighted by Gasteiger charge is 2.12. The minimum absolute atomic E-state index is 0.0983. The summed E-state index contributed by atoms with van der Waals surface area (Å²) in [6.07, 6.45) is 0. The number of aromatic nitrogens is 1. The van der Waals surface area contributed by atoms with Crippen molar-refractivity contribution in [3.8, 4) is 11.5 Å². The molecule has 0 radical (unpaired) electrons. The van der Waals surface area contributed by atoms with Crippen LogP contribution in [0.15, 0.2) is 34.9 Å². The molecule has 7 nitrogen and oxygen atoms in total. The minimum Gasteiger partial charge on any atom is -0.493 e. The molecule has 1 amide bonds. The lowest BCUT2D eigenvalue weighted by Gasteiger charge is -2.08. The van der Waals surface area contributed by atoms with Crippen LogP contribution in [0, 0.1) is 0 Å². The average Bonchev–Trinajstić information content (AvgIpc) is 2.93. The first kappa shape index (κ1) is 12.9. The first-order chi connectivity index (χ1) is 9.24. The number of ether oxygens (including phenoxy) is 2. The number of para-hydroxylation sites is 2. The predicted molar refractivity (Wildman–Crippen MR) is 65.5 cm³/mol. The van der Waals surface area contributed by atoms with Crippen molar-refractivity contribution in [2.45, 2.75) is 6.61 Å². The Morgan fingerprint density at radius 3 is 2.84 bits per heavy atom. The molecule has 0 saturated heterocycles. The van der Waals surface area contributed by atoms with E-state index in [-0.39, 0.29) is 12.3 Å². The van der Waals surface area contributed by atoms with Crippen LogP contribution < -0.4 is 20.7 Å². The van der Waals surface area contributed by atoms with E-state index >= 15 is 0 Å². The van der Waals surface area contributed by atoms with Gasteiger partial charge in [0.25, 0.3) is 5.91 Å². The standard InChI is InChI=1S/C12H13N3O4/c1-17-10-4-2-3-5-11(10)18-7-8-6-9(15-19-8)12(16)14-13/h2-6H,7,13H2,1H3,(H,14,16). The molecule has 0 spiro atoms. The summed E-state index contributed by atoms with van der Waals surface area (Å²) in [6, 6.07) is 8.67. The molecule has 0 fully saturated rings. The van der Waals surface area contributed by atoms with Crippen molar-refractivity contribution in [3.63, 3.8) is 0 Å². The number of amides is 1. The van der Waals surface area contributed by atoms with Crippen LogP contribution in [0.3, 0.4) is 0 Å². The summed E-state index contributed by atoms with van der Waals surface area (Å²) in [5, 5.41) is 3.56. The van der Waals surface area contributed by atoms with E-state index in [9.17, 15) is 4.79 Å². The van der Waals surface area contributed by atoms with Crippen molar-refractivity contribution < 1.29 is 18.8 Å². The van der Waals surface area contributed by atoms with Gasteiger partial charge in [0, 0.05) is 6.07 Å². The lowest BCUT2D eigenvalue weighted by atomic mass is 10.3. The molecule has 0 bridgehead atoms. The third-order valence-corrected chi connectivity index (χ3v) is 2.36. The SMILES string of the molecule is COc1ccccc1OCc1cc(C(=O)NN)no1. The summed E-state index contributed by atoms with van der Waals surface area (Å²) in [6.45, 7) is 0.130. The van der Waals surface area contributed by atoms with E-state index in [2.05, 4.69) is 5.16 Å². The molecule has 19 heavy (non-hydrogen) atoms. The Morgan fingerprint density at radius 2 is 2.16 bits per heavy atom. The molecular weight excluding hydrogens is 250 g/mol. The molecule has 0 atom stereocenters. The number of nitrogens with zero attached hydrogens (tertiary/aromatic N) is 1. The number of hydrogen-bond acceptors (Lipinski definition) is 6. The number of hydrazine groups is 1. The zero-order chi connectivity index (χ0) is 13.7. The number of carbonyl (C=O) groups excluding carboxylic acids is 1. The van der Waals surface area contributed by atoms with Gasteiger partial charge in [-0.15, -0.1) is 0 Å². The fourth-order valence-corrected chi connectivity index (χ4v) is 1.45. The Labute approximate surface area is 109 Å². The van der Waals surface area contributed by atoms with Gasteiger partial charge >= 0.3 is 0 Å². The fourth-order valence-electron chi connectivity index (χ4n) is 1.45. The molecule has 1 aromatic heterocycles. The van der Waals surface area contributed by atoms with E-state index in [4.69, 9.17) is 19.8 Å². The van der Waals surface area contributed by atoms with Gasteiger partial charge < -0.3 is 14.0 Å². The van der Waals surface area contributed by atoms with Crippen LogP contribution in [0.25, 0.3) is 0 Å². The van der Waals surface area contributed by atoms with Gasteiger partial charge in [0.05, 0.1) is 7.11 Å². The molecular formula is C12H13N3O4. The Hall–Kier alpha value is -2.54. The Morgan fingerprint density at radius 1 is 1.42 bits per heavy atom. The number of rotatable bonds is 5. The topological polar surface area (TPSA) is 99.6 Å². The Bertz CT molecular complexity index is 568. The van der Waals surface area contributed by atoms with Crippen LogP contribution in [0.2, 0.25) is 0 Å². The number of nitrogen functional groups attached to an aromatic ring is 1. The van der Waals surface area contributed by atoms with E-state index in [1.54, 1.807) is 19.2 Å². The molecule has 1 heterocycles. The van der Waals surface area contributed by atoms with E-state index in [1.807, 2.05) is 17.6 Å². The van der Waals surface area contributed by atoms with Crippen molar-refractivity contribution in [2.24, 2.45) is 5.84 Å². The molecule has 0 aliphatic carbocycles. The van der Waals surface area contributed by atoms with Gasteiger partial charge in [0.2, 0.25) is 0 Å². The molecule has 7 heteroatoms. The minimum atomic E-state index is -0.521. The van der Waals surface area contributed by atoms with Gasteiger partial charge in [-0.05, 0) is 12.1 Å². The van der Waals surface area contributed by atoms with E-state index < -0.39 is 5.91 Å². The quantitative estimate of drug-likeness (QED) is 0.471. The average molecular weight is 263 g/mol. The third kappa shape index (κ3) is 3.02. The number of methoxy groups -OCH3 is 1. The van der Waals surface area contributed by atoms with E-state index in [0.717, 1.165) is 0 Å². The molecule has 0 unspecified atom stereocenters. The fraction of sp³-hybridized carbons (Fsp3) is 0.167. The molecule has 1 aromatic carbocycles. The van der Waals surface area contributed by atoms with E-state index in [1.165, 1.54) is 6.07 Å². The summed E-state index contributed by atoms with van der Waals surface area (Å²) < 4.78 is 15.6. The summed E-state index contributed by atoms with van der Waals surface area (Å²) in [4.78, 5) is 11.2. The van der Waals surface area contributed by atoms with Crippen LogP contribution in [-0.4, -0.2) is 18.2 Å². The van der Waals surface area contributed by atoms with Crippen molar-refractivity contribution in [3.05, 3.63) is 41.8 Å². The van der Waals surface area contributed by atoms with Crippen LogP contribution in [0.1, 0.15) is 16.2 Å². The summed E-state index contributed by atoms with van der Waals surface area (Å²) >= 11 is 0. The van der Waals surface area contributed by atoms with Crippen LogP contribution in [0.4, 0.5) is 0 Å². The molecule has 0 saturated carbocycles. The predicted octanol–water partition coefficient (Wildman–Crippen LogP) is 0.866. The first-order valence-electron chi connectivity index (χ1n) is 5.47. The van der Waals surface area contributed by atoms with Crippen molar-refractivity contribution in [1.82, 2.24) is 10.6 Å². The Balaban J connectivity index is 2.02. The van der Waals surface area contributed by atoms with Gasteiger partial charge in [0.1, 0.15) is 6.61 Å². The van der Waals surface area contributed by atoms with Crippen LogP contribution in [0.5, 0.6) is 11.5 Å². The van der Waals surface area contributed by atoms with Gasteiger partial charge in [-0.1, -0.05) is 17.3 Å². The van der Waals surface area contributed by atoms with Crippen molar-refractivity contribution in [1.29, 1.82) is 0 Å². The number of nitrogens with one attached hydrogen (secondary N) is 1. The van der Waals surface area contributed by atoms with Gasteiger partial charge in [-0.25, -0.2) is 5.84 Å². The zero-order valence-corrected chi connectivity index (χ0v) is 10.3. The number of benzene rings is 1. The largest absolute Gasteiger partial charge is 0.493 e. The molecule has 100 valence electrons.